The van der Waals surface area contributed by atoms with E-state index in [1.54, 1.807) is 12.1 Å². The summed E-state index contributed by atoms with van der Waals surface area (Å²) in [6.45, 7) is 9.33. The Kier molecular flexibility index (Phi) is 5.15. The number of nitrogens with one attached hydrogen (secondary N) is 1. The summed E-state index contributed by atoms with van der Waals surface area (Å²) in [5.41, 5.74) is 1.05. The van der Waals surface area contributed by atoms with Crippen molar-refractivity contribution in [2.75, 3.05) is 0 Å². The summed E-state index contributed by atoms with van der Waals surface area (Å²) in [5.74, 6) is 0. The van der Waals surface area contributed by atoms with Gasteiger partial charge in [-0.1, -0.05) is 55.6 Å². The van der Waals surface area contributed by atoms with Gasteiger partial charge in [-0.2, -0.15) is 0 Å². The van der Waals surface area contributed by atoms with Crippen molar-refractivity contribution < 1.29 is 0 Å². The monoisotopic (exact) mass is 293 g/mol. The molecular weight excluding hydrogens is 277 g/mol. The summed E-state index contributed by atoms with van der Waals surface area (Å²) < 4.78 is 0. The predicted octanol–water partition coefficient (Wildman–Crippen LogP) is 5.17. The van der Waals surface area contributed by atoms with E-state index in [1.165, 1.54) is 0 Å². The molecule has 0 spiro atoms. The highest BCUT2D eigenvalue weighted by Crippen LogP contribution is 2.31. The van der Waals surface area contributed by atoms with Crippen LogP contribution in [0.25, 0.3) is 0 Å². The van der Waals surface area contributed by atoms with Gasteiger partial charge in [0.05, 0.1) is 10.0 Å². The van der Waals surface area contributed by atoms with Crippen LogP contribution in [0.1, 0.15) is 33.3 Å². The molecule has 0 aromatic heterocycles. The molecule has 1 N–H and O–H groups in total. The lowest BCUT2D eigenvalue weighted by molar-refractivity contribution is 0.285. The fourth-order valence-electron chi connectivity index (χ4n) is 1.29. The molecule has 0 saturated heterocycles. The molecule has 0 fully saturated rings. The highest BCUT2D eigenvalue weighted by molar-refractivity contribution is 6.44. The fourth-order valence-corrected chi connectivity index (χ4v) is 1.97. The zero-order chi connectivity index (χ0) is 13.2. The molecular formula is C13H18Cl3N. The van der Waals surface area contributed by atoms with Crippen LogP contribution in [0.5, 0.6) is 0 Å². The predicted molar refractivity (Wildman–Crippen MR) is 77.2 cm³/mol. The zero-order valence-corrected chi connectivity index (χ0v) is 12.8. The Morgan fingerprint density at radius 3 is 2.18 bits per heavy atom. The van der Waals surface area contributed by atoms with Crippen LogP contribution >= 0.6 is 34.8 Å². The van der Waals surface area contributed by atoms with Crippen LogP contribution in [-0.4, -0.2) is 6.04 Å². The first-order chi connectivity index (χ1) is 7.73. The van der Waals surface area contributed by atoms with Crippen LogP contribution in [0, 0.1) is 5.41 Å². The van der Waals surface area contributed by atoms with Crippen LogP contribution in [0.15, 0.2) is 12.1 Å². The van der Waals surface area contributed by atoms with Gasteiger partial charge < -0.3 is 5.32 Å². The standard InChI is InChI=1S/C13H18Cl3N/c1-8(13(2,3)4)17-7-9-10(14)5-6-11(15)12(9)16/h5-6,8,17H,7H2,1-4H3. The quantitative estimate of drug-likeness (QED) is 0.758. The van der Waals surface area contributed by atoms with Crippen molar-refractivity contribution in [2.45, 2.75) is 40.3 Å². The zero-order valence-electron chi connectivity index (χ0n) is 10.6. The first kappa shape index (κ1) is 15.1. The number of halogens is 3. The van der Waals surface area contributed by atoms with E-state index in [1.807, 2.05) is 0 Å². The van der Waals surface area contributed by atoms with Crippen LogP contribution in [0.3, 0.4) is 0 Å². The van der Waals surface area contributed by atoms with Crippen molar-refractivity contribution in [3.63, 3.8) is 0 Å². The molecule has 17 heavy (non-hydrogen) atoms. The van der Waals surface area contributed by atoms with Crippen molar-refractivity contribution in [1.82, 2.24) is 5.32 Å². The van der Waals surface area contributed by atoms with E-state index in [0.717, 1.165) is 5.56 Å². The van der Waals surface area contributed by atoms with E-state index in [9.17, 15) is 0 Å². The largest absolute Gasteiger partial charge is 0.310 e. The number of benzene rings is 1. The third kappa shape index (κ3) is 4.03. The summed E-state index contributed by atoms with van der Waals surface area (Å²) in [5, 5.41) is 5.14. The van der Waals surface area contributed by atoms with Gasteiger partial charge in [0.2, 0.25) is 0 Å². The lowest BCUT2D eigenvalue weighted by Gasteiger charge is -2.28. The van der Waals surface area contributed by atoms with E-state index in [4.69, 9.17) is 34.8 Å². The summed E-state index contributed by atoms with van der Waals surface area (Å²) in [7, 11) is 0. The first-order valence-corrected chi connectivity index (χ1v) is 6.72. The van der Waals surface area contributed by atoms with Crippen molar-refractivity contribution >= 4 is 34.8 Å². The second kappa shape index (κ2) is 5.79. The van der Waals surface area contributed by atoms with Crippen molar-refractivity contribution in [2.24, 2.45) is 5.41 Å². The lowest BCUT2D eigenvalue weighted by Crippen LogP contribution is -2.37. The van der Waals surface area contributed by atoms with Crippen LogP contribution in [0.4, 0.5) is 0 Å². The Hall–Kier alpha value is 0.0500. The fraction of sp³-hybridized carbons (Fsp3) is 0.538. The summed E-state index contributed by atoms with van der Waals surface area (Å²) in [6.07, 6.45) is 0. The van der Waals surface area contributed by atoms with Crippen molar-refractivity contribution in [3.8, 4) is 0 Å². The van der Waals surface area contributed by atoms with Gasteiger partial charge >= 0.3 is 0 Å². The van der Waals surface area contributed by atoms with Crippen LogP contribution in [-0.2, 0) is 6.54 Å². The second-order valence-electron chi connectivity index (χ2n) is 5.29. The van der Waals surface area contributed by atoms with E-state index in [2.05, 4.69) is 33.0 Å². The summed E-state index contributed by atoms with van der Waals surface area (Å²) >= 11 is 18.2. The smallest absolute Gasteiger partial charge is 0.0652 e. The molecule has 1 rings (SSSR count). The number of hydrogen-bond donors (Lipinski definition) is 1. The van der Waals surface area contributed by atoms with Gasteiger partial charge in [0.15, 0.2) is 0 Å². The minimum Gasteiger partial charge on any atom is -0.310 e. The maximum atomic E-state index is 6.14. The molecule has 1 aromatic rings. The number of rotatable bonds is 3. The molecule has 0 amide bonds. The van der Waals surface area contributed by atoms with Gasteiger partial charge in [-0.25, -0.2) is 0 Å². The molecule has 0 heterocycles. The highest BCUT2D eigenvalue weighted by Gasteiger charge is 2.20. The Labute approximate surface area is 118 Å². The molecule has 0 aliphatic heterocycles. The Morgan fingerprint density at radius 2 is 1.65 bits per heavy atom. The molecule has 0 aliphatic rings. The average molecular weight is 295 g/mol. The highest BCUT2D eigenvalue weighted by atomic mass is 35.5. The molecule has 0 radical (unpaired) electrons. The Balaban J connectivity index is 2.80. The third-order valence-corrected chi connectivity index (χ3v) is 4.22. The second-order valence-corrected chi connectivity index (χ2v) is 6.48. The average Bonchev–Trinajstić information content (AvgIpc) is 2.22. The first-order valence-electron chi connectivity index (χ1n) is 5.59. The normalized spacial score (nSPS) is 13.8. The van der Waals surface area contributed by atoms with Crippen LogP contribution < -0.4 is 5.32 Å². The van der Waals surface area contributed by atoms with Crippen LogP contribution in [0.2, 0.25) is 15.1 Å². The van der Waals surface area contributed by atoms with E-state index >= 15 is 0 Å². The minimum atomic E-state index is 0.192. The molecule has 1 aromatic carbocycles. The molecule has 0 aliphatic carbocycles. The third-order valence-electron chi connectivity index (χ3n) is 3.02. The van der Waals surface area contributed by atoms with Gasteiger partial charge in [0, 0.05) is 23.2 Å². The number of hydrogen-bond acceptors (Lipinski definition) is 1. The van der Waals surface area contributed by atoms with Gasteiger partial charge in [-0.15, -0.1) is 0 Å². The summed E-state index contributed by atoms with van der Waals surface area (Å²) in [6, 6.07) is 3.84. The molecule has 96 valence electrons. The molecule has 1 nitrogen and oxygen atoms in total. The molecule has 0 saturated carbocycles. The van der Waals surface area contributed by atoms with Crippen molar-refractivity contribution in [3.05, 3.63) is 32.8 Å². The van der Waals surface area contributed by atoms with Gasteiger partial charge in [-0.3, -0.25) is 0 Å². The molecule has 1 unspecified atom stereocenters. The van der Waals surface area contributed by atoms with Gasteiger partial charge in [-0.05, 0) is 24.5 Å². The lowest BCUT2D eigenvalue weighted by atomic mass is 9.88. The van der Waals surface area contributed by atoms with E-state index < -0.39 is 0 Å². The van der Waals surface area contributed by atoms with Gasteiger partial charge in [0.25, 0.3) is 0 Å². The maximum absolute atomic E-state index is 6.14. The maximum Gasteiger partial charge on any atom is 0.0652 e. The topological polar surface area (TPSA) is 12.0 Å². The minimum absolute atomic E-state index is 0.192. The molecule has 1 atom stereocenters. The Morgan fingerprint density at radius 1 is 1.12 bits per heavy atom. The Bertz CT molecular complexity index is 396. The molecule has 0 bridgehead atoms. The van der Waals surface area contributed by atoms with Gasteiger partial charge in [0.1, 0.15) is 0 Å². The van der Waals surface area contributed by atoms with Crippen molar-refractivity contribution in [1.29, 1.82) is 0 Å². The van der Waals surface area contributed by atoms with E-state index in [-0.39, 0.29) is 5.41 Å². The summed E-state index contributed by atoms with van der Waals surface area (Å²) in [4.78, 5) is 0. The SMILES string of the molecule is CC(NCc1c(Cl)ccc(Cl)c1Cl)C(C)(C)C. The van der Waals surface area contributed by atoms with E-state index in [0.29, 0.717) is 27.7 Å². The molecule has 4 heteroatoms.